The smallest absolute Gasteiger partial charge is 0.317 e. The number of carboxylic acid groups (broad SMARTS) is 1. The molecule has 0 aromatic rings. The molecule has 1 heterocycles. The van der Waals surface area contributed by atoms with Crippen molar-refractivity contribution < 1.29 is 18.9 Å². The average Bonchev–Trinajstić information content (AvgIpc) is 2.40. The Morgan fingerprint density at radius 2 is 1.79 bits per heavy atom. The molecule has 1 rings (SSSR count). The van der Waals surface area contributed by atoms with Gasteiger partial charge in [-0.3, -0.25) is 9.00 Å². The van der Waals surface area contributed by atoms with E-state index in [0.717, 1.165) is 0 Å². The second-order valence-corrected chi connectivity index (χ2v) is 6.48. The molecule has 2 N–H and O–H groups in total. The summed E-state index contributed by atoms with van der Waals surface area (Å²) >= 11 is 0. The molecule has 0 aromatic carbocycles. The Bertz CT molecular complexity index is 359. The number of rotatable bonds is 5. The second kappa shape index (κ2) is 6.88. The van der Waals surface area contributed by atoms with Crippen molar-refractivity contribution in [1.29, 1.82) is 0 Å². The first kappa shape index (κ1) is 15.9. The van der Waals surface area contributed by atoms with E-state index in [1.165, 1.54) is 0 Å². The van der Waals surface area contributed by atoms with E-state index in [2.05, 4.69) is 5.32 Å². The molecule has 19 heavy (non-hydrogen) atoms. The van der Waals surface area contributed by atoms with Crippen molar-refractivity contribution in [3.63, 3.8) is 0 Å². The number of amides is 2. The predicted octanol–water partition coefficient (Wildman–Crippen LogP) is 0.651. The molecule has 7 heteroatoms. The fraction of sp³-hybridized carbons (Fsp3) is 0.833. The molecule has 6 nitrogen and oxygen atoms in total. The minimum Gasteiger partial charge on any atom is -0.481 e. The van der Waals surface area contributed by atoms with Crippen molar-refractivity contribution in [3.05, 3.63) is 0 Å². The summed E-state index contributed by atoms with van der Waals surface area (Å²) in [6.07, 6.45) is 0.951. The Labute approximate surface area is 116 Å². The van der Waals surface area contributed by atoms with E-state index >= 15 is 0 Å². The standard InChI is InChI=1S/C12H22N2O4S/c1-3-12(4-2,10(15)16)9-13-11(17)14-5-7-19(18)8-6-14/h3-9H2,1-2H3,(H,13,17)(H,15,16). The normalized spacial score (nSPS) is 17.3. The Morgan fingerprint density at radius 1 is 1.26 bits per heavy atom. The van der Waals surface area contributed by atoms with Gasteiger partial charge in [0, 0.05) is 41.9 Å². The van der Waals surface area contributed by atoms with Crippen LogP contribution in [0.1, 0.15) is 26.7 Å². The van der Waals surface area contributed by atoms with Crippen LogP contribution in [0.5, 0.6) is 0 Å². The van der Waals surface area contributed by atoms with E-state index in [0.29, 0.717) is 37.4 Å². The van der Waals surface area contributed by atoms with E-state index in [1.807, 2.05) is 13.8 Å². The quantitative estimate of drug-likeness (QED) is 0.778. The highest BCUT2D eigenvalue weighted by molar-refractivity contribution is 7.85. The zero-order valence-electron chi connectivity index (χ0n) is 11.5. The molecule has 1 aliphatic heterocycles. The number of nitrogens with one attached hydrogen (secondary N) is 1. The first-order valence-electron chi connectivity index (χ1n) is 6.56. The third-order valence-corrected chi connectivity index (χ3v) is 5.13. The topological polar surface area (TPSA) is 86.7 Å². The minimum absolute atomic E-state index is 0.133. The van der Waals surface area contributed by atoms with E-state index in [1.54, 1.807) is 4.90 Å². The predicted molar refractivity (Wildman–Crippen MR) is 73.5 cm³/mol. The number of carbonyl (C=O) groups is 2. The molecule has 0 radical (unpaired) electrons. The maximum Gasteiger partial charge on any atom is 0.317 e. The van der Waals surface area contributed by atoms with Gasteiger partial charge in [-0.2, -0.15) is 0 Å². The largest absolute Gasteiger partial charge is 0.481 e. The third kappa shape index (κ3) is 3.92. The molecule has 0 aromatic heterocycles. The molecule has 0 unspecified atom stereocenters. The molecular weight excluding hydrogens is 268 g/mol. The van der Waals surface area contributed by atoms with Gasteiger partial charge in [0.1, 0.15) is 0 Å². The van der Waals surface area contributed by atoms with Crippen LogP contribution in [0.25, 0.3) is 0 Å². The summed E-state index contributed by atoms with van der Waals surface area (Å²) in [5.41, 5.74) is -0.895. The van der Waals surface area contributed by atoms with Gasteiger partial charge >= 0.3 is 12.0 Å². The summed E-state index contributed by atoms with van der Waals surface area (Å²) in [5.74, 6) is 0.121. The highest BCUT2D eigenvalue weighted by Crippen LogP contribution is 2.25. The number of urea groups is 1. The molecule has 0 bridgehead atoms. The molecule has 110 valence electrons. The molecule has 1 saturated heterocycles. The van der Waals surface area contributed by atoms with Crippen LogP contribution in [0, 0.1) is 5.41 Å². The van der Waals surface area contributed by atoms with Gasteiger partial charge in [0.2, 0.25) is 0 Å². The van der Waals surface area contributed by atoms with Crippen molar-refractivity contribution >= 4 is 22.8 Å². The van der Waals surface area contributed by atoms with Crippen LogP contribution in [0.3, 0.4) is 0 Å². The average molecular weight is 290 g/mol. The van der Waals surface area contributed by atoms with Crippen molar-refractivity contribution in [2.24, 2.45) is 5.41 Å². The van der Waals surface area contributed by atoms with Gasteiger partial charge in [-0.15, -0.1) is 0 Å². The summed E-state index contributed by atoms with van der Waals surface area (Å²) < 4.78 is 11.2. The lowest BCUT2D eigenvalue weighted by Gasteiger charge is -2.30. The fourth-order valence-corrected chi connectivity index (χ4v) is 3.13. The van der Waals surface area contributed by atoms with Crippen molar-refractivity contribution in [1.82, 2.24) is 10.2 Å². The molecule has 1 fully saturated rings. The summed E-state index contributed by atoms with van der Waals surface area (Å²) in [4.78, 5) is 24.8. The van der Waals surface area contributed by atoms with Crippen LogP contribution in [0.2, 0.25) is 0 Å². The van der Waals surface area contributed by atoms with Crippen molar-refractivity contribution in [3.8, 4) is 0 Å². The number of nitrogens with zero attached hydrogens (tertiary/aromatic N) is 1. The van der Waals surface area contributed by atoms with Gasteiger partial charge in [0.25, 0.3) is 0 Å². The Balaban J connectivity index is 2.53. The van der Waals surface area contributed by atoms with Crippen LogP contribution >= 0.6 is 0 Å². The molecule has 0 aliphatic carbocycles. The van der Waals surface area contributed by atoms with Crippen LogP contribution in [-0.4, -0.2) is 57.4 Å². The summed E-state index contributed by atoms with van der Waals surface area (Å²) in [6, 6.07) is -0.260. The Morgan fingerprint density at radius 3 is 2.21 bits per heavy atom. The van der Waals surface area contributed by atoms with Gasteiger partial charge in [0.05, 0.1) is 5.41 Å². The summed E-state index contributed by atoms with van der Waals surface area (Å²) in [7, 11) is -0.825. The minimum atomic E-state index is -0.895. The molecule has 0 atom stereocenters. The summed E-state index contributed by atoms with van der Waals surface area (Å²) in [6.45, 7) is 4.70. The van der Waals surface area contributed by atoms with E-state index < -0.39 is 22.2 Å². The maximum absolute atomic E-state index is 11.9. The van der Waals surface area contributed by atoms with Crippen LogP contribution in [0.15, 0.2) is 0 Å². The Kier molecular flexibility index (Phi) is 5.78. The molecule has 0 spiro atoms. The SMILES string of the molecule is CCC(CC)(CNC(=O)N1CCS(=O)CC1)C(=O)O. The lowest BCUT2D eigenvalue weighted by Crippen LogP contribution is -2.50. The molecule has 1 aliphatic rings. The van der Waals surface area contributed by atoms with Gasteiger partial charge in [-0.05, 0) is 12.8 Å². The lowest BCUT2D eigenvalue weighted by atomic mass is 9.82. The zero-order chi connectivity index (χ0) is 14.5. The van der Waals surface area contributed by atoms with Crippen LogP contribution < -0.4 is 5.32 Å². The first-order chi connectivity index (χ1) is 8.95. The van der Waals surface area contributed by atoms with E-state index in [9.17, 15) is 18.9 Å². The maximum atomic E-state index is 11.9. The molecular formula is C12H22N2O4S. The van der Waals surface area contributed by atoms with Gasteiger partial charge < -0.3 is 15.3 Å². The zero-order valence-corrected chi connectivity index (χ0v) is 12.3. The Hall–Kier alpha value is -1.11. The van der Waals surface area contributed by atoms with Crippen molar-refractivity contribution in [2.75, 3.05) is 31.1 Å². The van der Waals surface area contributed by atoms with E-state index in [4.69, 9.17) is 0 Å². The van der Waals surface area contributed by atoms with Gasteiger partial charge in [-0.25, -0.2) is 4.79 Å². The first-order valence-corrected chi connectivity index (χ1v) is 8.05. The molecule has 2 amide bonds. The number of hydrogen-bond acceptors (Lipinski definition) is 3. The third-order valence-electron chi connectivity index (χ3n) is 3.85. The number of carbonyl (C=O) groups excluding carboxylic acids is 1. The second-order valence-electron chi connectivity index (χ2n) is 4.79. The number of carboxylic acids is 1. The summed E-state index contributed by atoms with van der Waals surface area (Å²) in [5, 5.41) is 12.0. The van der Waals surface area contributed by atoms with Crippen LogP contribution in [0.4, 0.5) is 4.79 Å². The molecule has 0 saturated carbocycles. The highest BCUT2D eigenvalue weighted by Gasteiger charge is 2.35. The highest BCUT2D eigenvalue weighted by atomic mass is 32.2. The fourth-order valence-electron chi connectivity index (χ4n) is 2.08. The lowest BCUT2D eigenvalue weighted by molar-refractivity contribution is -0.149. The van der Waals surface area contributed by atoms with Gasteiger partial charge in [-0.1, -0.05) is 13.8 Å². The van der Waals surface area contributed by atoms with Crippen LogP contribution in [-0.2, 0) is 15.6 Å². The van der Waals surface area contributed by atoms with E-state index in [-0.39, 0.29) is 12.6 Å². The van der Waals surface area contributed by atoms with Gasteiger partial charge in [0.15, 0.2) is 0 Å². The monoisotopic (exact) mass is 290 g/mol. The van der Waals surface area contributed by atoms with Crippen molar-refractivity contribution in [2.45, 2.75) is 26.7 Å². The number of hydrogen-bond donors (Lipinski definition) is 2. The number of aliphatic carboxylic acids is 1.